The van der Waals surface area contributed by atoms with E-state index in [-0.39, 0.29) is 11.9 Å². The topological polar surface area (TPSA) is 46.6 Å². The van der Waals surface area contributed by atoms with E-state index in [2.05, 4.69) is 0 Å². The Morgan fingerprint density at radius 2 is 1.71 bits per heavy atom. The van der Waals surface area contributed by atoms with Gasteiger partial charge in [0.05, 0.1) is 6.61 Å². The summed E-state index contributed by atoms with van der Waals surface area (Å²) in [6.45, 7) is 4.13. The summed E-state index contributed by atoms with van der Waals surface area (Å²) in [6.07, 6.45) is 6.04. The van der Waals surface area contributed by atoms with Gasteiger partial charge in [0, 0.05) is 25.9 Å². The number of hydrogen-bond donors (Lipinski definition) is 0. The molecule has 0 aromatic rings. The second-order valence-electron chi connectivity index (χ2n) is 4.45. The minimum Gasteiger partial charge on any atom is -0.466 e. The van der Waals surface area contributed by atoms with Gasteiger partial charge in [-0.1, -0.05) is 6.42 Å². The molecule has 1 aliphatic rings. The van der Waals surface area contributed by atoms with Crippen LogP contribution in [0.25, 0.3) is 0 Å². The lowest BCUT2D eigenvalue weighted by Gasteiger charge is -2.14. The van der Waals surface area contributed by atoms with Crippen molar-refractivity contribution in [3.8, 4) is 0 Å². The zero-order valence-corrected chi connectivity index (χ0v) is 10.7. The van der Waals surface area contributed by atoms with E-state index in [9.17, 15) is 9.59 Å². The van der Waals surface area contributed by atoms with Crippen LogP contribution in [0.1, 0.15) is 51.9 Å². The molecule has 98 valence electrons. The molecule has 4 heteroatoms. The molecule has 0 aromatic heterocycles. The van der Waals surface area contributed by atoms with Crippen LogP contribution in [0.5, 0.6) is 0 Å². The Hall–Kier alpha value is -1.06. The first kappa shape index (κ1) is 14.0. The Balaban J connectivity index is 1.96. The number of carbonyl (C=O) groups excluding carboxylic acids is 2. The van der Waals surface area contributed by atoms with Crippen LogP contribution >= 0.6 is 0 Å². The molecule has 1 heterocycles. The zero-order chi connectivity index (χ0) is 12.5. The Morgan fingerprint density at radius 3 is 2.35 bits per heavy atom. The molecule has 0 unspecified atom stereocenters. The molecular formula is C13H23NO3. The predicted octanol–water partition coefficient (Wildman–Crippen LogP) is 2.12. The molecule has 1 rings (SSSR count). The Morgan fingerprint density at radius 1 is 1.06 bits per heavy atom. The quantitative estimate of drug-likeness (QED) is 0.506. The van der Waals surface area contributed by atoms with Crippen LogP contribution in [0, 0.1) is 0 Å². The minimum absolute atomic E-state index is 0.127. The van der Waals surface area contributed by atoms with Crippen molar-refractivity contribution in [1.29, 1.82) is 0 Å². The van der Waals surface area contributed by atoms with Crippen LogP contribution in [0.2, 0.25) is 0 Å². The summed E-state index contributed by atoms with van der Waals surface area (Å²) in [5.74, 6) is 0.150. The van der Waals surface area contributed by atoms with E-state index in [0.717, 1.165) is 45.2 Å². The van der Waals surface area contributed by atoms with Crippen LogP contribution in [0.4, 0.5) is 0 Å². The fraction of sp³-hybridized carbons (Fsp3) is 0.846. The first-order valence-corrected chi connectivity index (χ1v) is 6.67. The number of esters is 1. The minimum atomic E-state index is -0.127. The first-order valence-electron chi connectivity index (χ1n) is 6.67. The predicted molar refractivity (Wildman–Crippen MR) is 65.5 cm³/mol. The summed E-state index contributed by atoms with van der Waals surface area (Å²) in [5.41, 5.74) is 0. The summed E-state index contributed by atoms with van der Waals surface area (Å²) in [5, 5.41) is 0. The highest BCUT2D eigenvalue weighted by Gasteiger charge is 2.16. The standard InChI is InChI=1S/C13H23NO3/c1-2-17-13(16)9-5-3-4-8-12(15)14-10-6-7-11-14/h2-11H2,1H3. The summed E-state index contributed by atoms with van der Waals surface area (Å²) in [7, 11) is 0. The molecule has 0 spiro atoms. The van der Waals surface area contributed by atoms with Gasteiger partial charge in [-0.25, -0.2) is 0 Å². The number of amides is 1. The molecule has 0 radical (unpaired) electrons. The normalized spacial score (nSPS) is 15.0. The monoisotopic (exact) mass is 241 g/mol. The van der Waals surface area contributed by atoms with E-state index in [1.54, 1.807) is 0 Å². The second-order valence-corrected chi connectivity index (χ2v) is 4.45. The number of rotatable bonds is 7. The van der Waals surface area contributed by atoms with Crippen molar-refractivity contribution in [3.05, 3.63) is 0 Å². The molecule has 0 aromatic carbocycles. The van der Waals surface area contributed by atoms with Crippen LogP contribution in [-0.4, -0.2) is 36.5 Å². The number of nitrogens with zero attached hydrogens (tertiary/aromatic N) is 1. The van der Waals surface area contributed by atoms with Crippen molar-refractivity contribution in [2.75, 3.05) is 19.7 Å². The fourth-order valence-electron chi connectivity index (χ4n) is 2.08. The third-order valence-electron chi connectivity index (χ3n) is 3.04. The van der Waals surface area contributed by atoms with E-state index in [0.29, 0.717) is 19.4 Å². The van der Waals surface area contributed by atoms with E-state index in [1.807, 2.05) is 11.8 Å². The van der Waals surface area contributed by atoms with Gasteiger partial charge >= 0.3 is 5.97 Å². The molecule has 0 bridgehead atoms. The number of hydrogen-bond acceptors (Lipinski definition) is 3. The van der Waals surface area contributed by atoms with Gasteiger partial charge < -0.3 is 9.64 Å². The lowest BCUT2D eigenvalue weighted by molar-refractivity contribution is -0.143. The van der Waals surface area contributed by atoms with Gasteiger partial charge in [0.15, 0.2) is 0 Å². The van der Waals surface area contributed by atoms with Crippen molar-refractivity contribution >= 4 is 11.9 Å². The van der Waals surface area contributed by atoms with Crippen molar-refractivity contribution in [2.24, 2.45) is 0 Å². The average molecular weight is 241 g/mol. The van der Waals surface area contributed by atoms with Crippen molar-refractivity contribution in [3.63, 3.8) is 0 Å². The summed E-state index contributed by atoms with van der Waals surface area (Å²) < 4.78 is 4.84. The molecule has 1 fully saturated rings. The Bertz CT molecular complexity index is 247. The molecule has 1 aliphatic heterocycles. The molecule has 0 aliphatic carbocycles. The Labute approximate surface area is 103 Å². The van der Waals surface area contributed by atoms with Gasteiger partial charge in [0.1, 0.15) is 0 Å². The van der Waals surface area contributed by atoms with Crippen molar-refractivity contribution in [2.45, 2.75) is 51.9 Å². The number of carbonyl (C=O) groups is 2. The number of unbranched alkanes of at least 4 members (excludes halogenated alkanes) is 2. The average Bonchev–Trinajstić information content (AvgIpc) is 2.82. The van der Waals surface area contributed by atoms with Crippen molar-refractivity contribution < 1.29 is 14.3 Å². The summed E-state index contributed by atoms with van der Waals surface area (Å²) in [6, 6.07) is 0. The molecule has 1 amide bonds. The fourth-order valence-corrected chi connectivity index (χ4v) is 2.08. The molecule has 1 saturated heterocycles. The molecule has 0 N–H and O–H groups in total. The van der Waals surface area contributed by atoms with E-state index in [4.69, 9.17) is 4.74 Å². The highest BCUT2D eigenvalue weighted by molar-refractivity contribution is 5.76. The van der Waals surface area contributed by atoms with Crippen LogP contribution in [0.15, 0.2) is 0 Å². The number of ether oxygens (including phenoxy) is 1. The zero-order valence-electron chi connectivity index (χ0n) is 10.7. The van der Waals surface area contributed by atoms with Gasteiger partial charge in [-0.05, 0) is 32.6 Å². The van der Waals surface area contributed by atoms with E-state index in [1.165, 1.54) is 0 Å². The summed E-state index contributed by atoms with van der Waals surface area (Å²) in [4.78, 5) is 24.7. The third kappa shape index (κ3) is 5.71. The third-order valence-corrected chi connectivity index (χ3v) is 3.04. The van der Waals surface area contributed by atoms with Gasteiger partial charge in [-0.3, -0.25) is 9.59 Å². The van der Waals surface area contributed by atoms with Crippen LogP contribution in [-0.2, 0) is 14.3 Å². The van der Waals surface area contributed by atoms with Gasteiger partial charge in [0.2, 0.25) is 5.91 Å². The van der Waals surface area contributed by atoms with Gasteiger partial charge in [-0.15, -0.1) is 0 Å². The molecular weight excluding hydrogens is 218 g/mol. The molecule has 0 saturated carbocycles. The van der Waals surface area contributed by atoms with E-state index < -0.39 is 0 Å². The smallest absolute Gasteiger partial charge is 0.305 e. The summed E-state index contributed by atoms with van der Waals surface area (Å²) >= 11 is 0. The second kappa shape index (κ2) is 8.09. The molecule has 4 nitrogen and oxygen atoms in total. The Kier molecular flexibility index (Phi) is 6.67. The maximum Gasteiger partial charge on any atom is 0.305 e. The largest absolute Gasteiger partial charge is 0.466 e. The lowest BCUT2D eigenvalue weighted by Crippen LogP contribution is -2.27. The molecule has 17 heavy (non-hydrogen) atoms. The number of likely N-dealkylation sites (tertiary alicyclic amines) is 1. The highest BCUT2D eigenvalue weighted by atomic mass is 16.5. The van der Waals surface area contributed by atoms with Gasteiger partial charge in [0.25, 0.3) is 0 Å². The molecule has 0 atom stereocenters. The van der Waals surface area contributed by atoms with Crippen LogP contribution in [0.3, 0.4) is 0 Å². The van der Waals surface area contributed by atoms with Crippen molar-refractivity contribution in [1.82, 2.24) is 4.90 Å². The van der Waals surface area contributed by atoms with Crippen LogP contribution < -0.4 is 0 Å². The van der Waals surface area contributed by atoms with Gasteiger partial charge in [-0.2, -0.15) is 0 Å². The van der Waals surface area contributed by atoms with E-state index >= 15 is 0 Å². The lowest BCUT2D eigenvalue weighted by atomic mass is 10.1. The first-order chi connectivity index (χ1) is 8.24. The SMILES string of the molecule is CCOC(=O)CCCCCC(=O)N1CCCC1. The maximum absolute atomic E-state index is 11.7. The highest BCUT2D eigenvalue weighted by Crippen LogP contribution is 2.11. The maximum atomic E-state index is 11.7.